The van der Waals surface area contributed by atoms with Crippen molar-refractivity contribution in [3.63, 3.8) is 0 Å². The summed E-state index contributed by atoms with van der Waals surface area (Å²) >= 11 is 0. The fourth-order valence-electron chi connectivity index (χ4n) is 4.64. The van der Waals surface area contributed by atoms with Crippen LogP contribution in [-0.4, -0.2) is 52.6 Å². The second kappa shape index (κ2) is 10.8. The van der Waals surface area contributed by atoms with Crippen LogP contribution in [-0.2, 0) is 26.9 Å². The quantitative estimate of drug-likeness (QED) is 0.445. The number of hydrogen-bond acceptors (Lipinski definition) is 7. The number of carbonyl (C=O) groups excluding carboxylic acids is 2. The molecule has 9 nitrogen and oxygen atoms in total. The highest BCUT2D eigenvalue weighted by Gasteiger charge is 2.40. The van der Waals surface area contributed by atoms with Gasteiger partial charge in [0.25, 0.3) is 0 Å². The Bertz CT molecular complexity index is 1280. The Hall–Kier alpha value is -3.90. The highest BCUT2D eigenvalue weighted by Crippen LogP contribution is 2.30. The topological polar surface area (TPSA) is 112 Å². The average molecular weight is 489 g/mol. The van der Waals surface area contributed by atoms with E-state index in [9.17, 15) is 14.9 Å². The van der Waals surface area contributed by atoms with Crippen molar-refractivity contribution >= 4 is 28.6 Å². The number of rotatable bonds is 9. The molecule has 36 heavy (non-hydrogen) atoms. The summed E-state index contributed by atoms with van der Waals surface area (Å²) in [5, 5.41) is 16.2. The first-order valence-electron chi connectivity index (χ1n) is 12.3. The molecule has 1 fully saturated rings. The van der Waals surface area contributed by atoms with Crippen LogP contribution in [0.4, 0.5) is 5.69 Å². The molecule has 4 rings (SSSR count). The molecule has 1 amide bonds. The number of esters is 1. The van der Waals surface area contributed by atoms with E-state index in [2.05, 4.69) is 16.7 Å². The molecule has 0 aliphatic carbocycles. The van der Waals surface area contributed by atoms with Gasteiger partial charge in [0.05, 0.1) is 30.3 Å². The van der Waals surface area contributed by atoms with Gasteiger partial charge in [0, 0.05) is 25.8 Å². The zero-order valence-corrected chi connectivity index (χ0v) is 21.0. The minimum absolute atomic E-state index is 0.0829. The van der Waals surface area contributed by atoms with Crippen LogP contribution in [0.1, 0.15) is 44.1 Å². The number of imidazole rings is 1. The molecule has 9 heteroatoms. The molecule has 0 spiro atoms. The Labute approximate surface area is 211 Å². The normalized spacial score (nSPS) is 15.8. The third-order valence-corrected chi connectivity index (χ3v) is 6.68. The van der Waals surface area contributed by atoms with Crippen molar-refractivity contribution in [3.05, 3.63) is 59.9 Å². The van der Waals surface area contributed by atoms with Gasteiger partial charge < -0.3 is 19.5 Å². The van der Waals surface area contributed by atoms with Crippen LogP contribution in [0.25, 0.3) is 11.0 Å². The van der Waals surface area contributed by atoms with Crippen LogP contribution >= 0.6 is 0 Å². The molecule has 188 valence electrons. The van der Waals surface area contributed by atoms with Crippen LogP contribution in [0.2, 0.25) is 0 Å². The number of benzene rings is 2. The van der Waals surface area contributed by atoms with E-state index in [0.29, 0.717) is 30.0 Å². The average Bonchev–Trinajstić information content (AvgIpc) is 3.54. The summed E-state index contributed by atoms with van der Waals surface area (Å²) in [5.74, 6) is 0.0732. The molecule has 0 bridgehead atoms. The Morgan fingerprint density at radius 3 is 2.58 bits per heavy atom. The van der Waals surface area contributed by atoms with E-state index >= 15 is 0 Å². The lowest BCUT2D eigenvalue weighted by molar-refractivity contribution is -0.143. The molecule has 2 heterocycles. The largest absolute Gasteiger partial charge is 0.465 e. The molecule has 2 atom stereocenters. The smallest absolute Gasteiger partial charge is 0.319 e. The van der Waals surface area contributed by atoms with Crippen molar-refractivity contribution in [2.24, 2.45) is 7.05 Å². The van der Waals surface area contributed by atoms with E-state index in [1.807, 2.05) is 65.0 Å². The standard InChI is InChI=1S/C27H32N6O3/c1-4-36-24(34)18-29-27(2,26(35)33-14-8-9-15-33)19-12-13-23-21(16-19)31-25(32(23)3)22(17-28)30-20-10-6-5-7-11-20/h5-7,10-13,16,22,29-30H,4,8-9,14-15,18H2,1-3H3/t22?,27-/m1/s1. The molecule has 0 radical (unpaired) electrons. The first kappa shape index (κ1) is 25.2. The fraction of sp³-hybridized carbons (Fsp3) is 0.407. The maximum Gasteiger partial charge on any atom is 0.319 e. The van der Waals surface area contributed by atoms with Crippen LogP contribution in [0.5, 0.6) is 0 Å². The third kappa shape index (κ3) is 5.04. The number of carbonyl (C=O) groups is 2. The van der Waals surface area contributed by atoms with Crippen LogP contribution < -0.4 is 10.6 Å². The monoisotopic (exact) mass is 488 g/mol. The summed E-state index contributed by atoms with van der Waals surface area (Å²) < 4.78 is 6.96. The highest BCUT2D eigenvalue weighted by atomic mass is 16.5. The van der Waals surface area contributed by atoms with Gasteiger partial charge >= 0.3 is 5.97 Å². The Kier molecular flexibility index (Phi) is 7.55. The Morgan fingerprint density at radius 2 is 1.92 bits per heavy atom. The van der Waals surface area contributed by atoms with Crippen molar-refractivity contribution in [2.75, 3.05) is 31.6 Å². The maximum absolute atomic E-state index is 13.6. The number of aryl methyl sites for hydroxylation is 1. The Morgan fingerprint density at radius 1 is 1.19 bits per heavy atom. The Balaban J connectivity index is 1.69. The molecule has 3 aromatic rings. The lowest BCUT2D eigenvalue weighted by Gasteiger charge is -2.33. The van der Waals surface area contributed by atoms with Crippen LogP contribution in [0, 0.1) is 11.3 Å². The number of nitrogens with zero attached hydrogens (tertiary/aromatic N) is 4. The van der Waals surface area contributed by atoms with Crippen molar-refractivity contribution in [2.45, 2.75) is 38.3 Å². The second-order valence-corrected chi connectivity index (χ2v) is 9.09. The first-order chi connectivity index (χ1) is 17.4. The molecular formula is C27H32N6O3. The summed E-state index contributed by atoms with van der Waals surface area (Å²) in [7, 11) is 1.87. The van der Waals surface area contributed by atoms with Gasteiger partial charge in [-0.3, -0.25) is 14.9 Å². The number of anilines is 1. The van der Waals surface area contributed by atoms with Gasteiger partial charge in [0.2, 0.25) is 5.91 Å². The lowest BCUT2D eigenvalue weighted by Crippen LogP contribution is -2.54. The number of nitrogens with one attached hydrogen (secondary N) is 2. The van der Waals surface area contributed by atoms with E-state index in [4.69, 9.17) is 9.72 Å². The number of ether oxygens (including phenoxy) is 1. The first-order valence-corrected chi connectivity index (χ1v) is 12.3. The fourth-order valence-corrected chi connectivity index (χ4v) is 4.64. The summed E-state index contributed by atoms with van der Waals surface area (Å²) in [6.07, 6.45) is 1.93. The van der Waals surface area contributed by atoms with E-state index < -0.39 is 17.6 Å². The van der Waals surface area contributed by atoms with Gasteiger partial charge in [-0.1, -0.05) is 24.3 Å². The summed E-state index contributed by atoms with van der Waals surface area (Å²) in [6.45, 7) is 5.12. The number of likely N-dealkylation sites (tertiary alicyclic amines) is 1. The molecule has 1 aliphatic heterocycles. The molecule has 1 aromatic heterocycles. The zero-order chi connectivity index (χ0) is 25.7. The lowest BCUT2D eigenvalue weighted by atomic mass is 9.89. The predicted molar refractivity (Wildman–Crippen MR) is 137 cm³/mol. The van der Waals surface area contributed by atoms with E-state index in [-0.39, 0.29) is 19.1 Å². The summed E-state index contributed by atoms with van der Waals surface area (Å²) in [6, 6.07) is 16.8. The van der Waals surface area contributed by atoms with E-state index in [1.165, 1.54) is 0 Å². The van der Waals surface area contributed by atoms with Crippen molar-refractivity contribution in [1.82, 2.24) is 19.8 Å². The number of para-hydroxylation sites is 1. The SMILES string of the molecule is CCOC(=O)CN[C@@](C)(C(=O)N1CCCC1)c1ccc2c(c1)nc(C(C#N)Nc1ccccc1)n2C. The van der Waals surface area contributed by atoms with Crippen LogP contribution in [0.3, 0.4) is 0 Å². The van der Waals surface area contributed by atoms with Gasteiger partial charge in [-0.25, -0.2) is 4.98 Å². The number of hydrogen-bond donors (Lipinski definition) is 2. The third-order valence-electron chi connectivity index (χ3n) is 6.68. The van der Waals surface area contributed by atoms with Crippen molar-refractivity contribution < 1.29 is 14.3 Å². The van der Waals surface area contributed by atoms with Gasteiger partial charge in [-0.2, -0.15) is 5.26 Å². The number of amides is 1. The summed E-state index contributed by atoms with van der Waals surface area (Å²) in [5.41, 5.74) is 1.89. The van der Waals surface area contributed by atoms with Gasteiger partial charge in [-0.05, 0) is 56.5 Å². The van der Waals surface area contributed by atoms with Crippen molar-refractivity contribution in [1.29, 1.82) is 5.26 Å². The number of aromatic nitrogens is 2. The maximum atomic E-state index is 13.6. The number of fused-ring (bicyclic) bond motifs is 1. The zero-order valence-electron chi connectivity index (χ0n) is 21.0. The molecular weight excluding hydrogens is 456 g/mol. The molecule has 1 aliphatic rings. The van der Waals surface area contributed by atoms with Crippen LogP contribution in [0.15, 0.2) is 48.5 Å². The minimum Gasteiger partial charge on any atom is -0.465 e. The molecule has 2 N–H and O–H groups in total. The van der Waals surface area contributed by atoms with Gasteiger partial charge in [0.15, 0.2) is 6.04 Å². The molecule has 2 aromatic carbocycles. The minimum atomic E-state index is -1.14. The predicted octanol–water partition coefficient (Wildman–Crippen LogP) is 3.24. The molecule has 1 saturated heterocycles. The summed E-state index contributed by atoms with van der Waals surface area (Å²) in [4.78, 5) is 32.4. The second-order valence-electron chi connectivity index (χ2n) is 9.09. The van der Waals surface area contributed by atoms with Crippen molar-refractivity contribution in [3.8, 4) is 6.07 Å². The number of nitriles is 1. The highest BCUT2D eigenvalue weighted by molar-refractivity contribution is 5.90. The molecule has 0 saturated carbocycles. The van der Waals surface area contributed by atoms with E-state index in [0.717, 1.165) is 24.0 Å². The molecule has 1 unspecified atom stereocenters. The van der Waals surface area contributed by atoms with Gasteiger partial charge in [0.1, 0.15) is 11.4 Å². The van der Waals surface area contributed by atoms with E-state index in [1.54, 1.807) is 13.8 Å². The van der Waals surface area contributed by atoms with Gasteiger partial charge in [-0.15, -0.1) is 0 Å².